The zero-order chi connectivity index (χ0) is 11.5. The molecular weight excluding hydrogens is 280 g/mol. The van der Waals surface area contributed by atoms with Gasteiger partial charge in [-0.3, -0.25) is 4.90 Å². The van der Waals surface area contributed by atoms with E-state index in [9.17, 15) is 8.42 Å². The van der Waals surface area contributed by atoms with Crippen LogP contribution in [0.5, 0.6) is 0 Å². The summed E-state index contributed by atoms with van der Waals surface area (Å²) in [6, 6.07) is 0. The van der Waals surface area contributed by atoms with E-state index in [4.69, 9.17) is 0 Å². The Bertz CT molecular complexity index is 284. The molecule has 6 heteroatoms. The van der Waals surface area contributed by atoms with Crippen molar-refractivity contribution in [3.05, 3.63) is 0 Å². The summed E-state index contributed by atoms with van der Waals surface area (Å²) < 4.78 is 25.3. The predicted octanol–water partition coefficient (Wildman–Crippen LogP) is 0.737. The molecule has 0 aromatic rings. The van der Waals surface area contributed by atoms with E-state index in [1.54, 1.807) is 18.2 Å². The van der Waals surface area contributed by atoms with Crippen LogP contribution in [-0.2, 0) is 10.0 Å². The number of rotatable bonds is 4. The molecule has 0 bridgehead atoms. The van der Waals surface area contributed by atoms with Gasteiger partial charge in [-0.25, -0.2) is 8.42 Å². The summed E-state index contributed by atoms with van der Waals surface area (Å²) in [5.74, 6) is 0. The van der Waals surface area contributed by atoms with Gasteiger partial charge in [0.15, 0.2) is 0 Å². The third-order valence-corrected chi connectivity index (χ3v) is 5.32. The number of sulfonamides is 1. The standard InChI is InChI=1S/C9H19BrN2O2S/c1-9(2)15(13,14)12-7-5-11(4-3-10)6-8-12/h9H,3-8H2,1-2H3. The van der Waals surface area contributed by atoms with Crippen molar-refractivity contribution in [2.24, 2.45) is 0 Å². The van der Waals surface area contributed by atoms with Gasteiger partial charge in [-0.05, 0) is 13.8 Å². The van der Waals surface area contributed by atoms with E-state index >= 15 is 0 Å². The van der Waals surface area contributed by atoms with Gasteiger partial charge in [-0.1, -0.05) is 15.9 Å². The molecule has 1 heterocycles. The lowest BCUT2D eigenvalue weighted by Gasteiger charge is -2.34. The van der Waals surface area contributed by atoms with Gasteiger partial charge in [0.25, 0.3) is 0 Å². The normalized spacial score (nSPS) is 21.1. The molecule has 0 aromatic carbocycles. The van der Waals surface area contributed by atoms with Gasteiger partial charge < -0.3 is 0 Å². The number of hydrogen-bond donors (Lipinski definition) is 0. The fourth-order valence-corrected chi connectivity index (χ4v) is 3.40. The zero-order valence-corrected chi connectivity index (χ0v) is 11.7. The number of alkyl halides is 1. The fourth-order valence-electron chi connectivity index (χ4n) is 1.63. The van der Waals surface area contributed by atoms with Crippen LogP contribution in [0.2, 0.25) is 0 Å². The summed E-state index contributed by atoms with van der Waals surface area (Å²) in [7, 11) is -3.04. The number of halogens is 1. The molecule has 1 aliphatic heterocycles. The molecule has 4 nitrogen and oxygen atoms in total. The van der Waals surface area contributed by atoms with Gasteiger partial charge in [0.05, 0.1) is 5.25 Å². The highest BCUT2D eigenvalue weighted by Gasteiger charge is 2.28. The second-order valence-corrected chi connectivity index (χ2v) is 7.31. The molecule has 1 saturated heterocycles. The van der Waals surface area contributed by atoms with Crippen LogP contribution in [0.25, 0.3) is 0 Å². The average Bonchev–Trinajstić information content (AvgIpc) is 2.19. The van der Waals surface area contributed by atoms with E-state index in [0.717, 1.165) is 25.0 Å². The van der Waals surface area contributed by atoms with Crippen LogP contribution >= 0.6 is 15.9 Å². The number of hydrogen-bond acceptors (Lipinski definition) is 3. The maximum Gasteiger partial charge on any atom is 0.216 e. The molecule has 15 heavy (non-hydrogen) atoms. The monoisotopic (exact) mass is 298 g/mol. The van der Waals surface area contributed by atoms with Crippen molar-refractivity contribution in [3.8, 4) is 0 Å². The van der Waals surface area contributed by atoms with Crippen molar-refractivity contribution in [1.29, 1.82) is 0 Å². The highest BCUT2D eigenvalue weighted by Crippen LogP contribution is 2.12. The second-order valence-electron chi connectivity index (χ2n) is 4.02. The van der Waals surface area contributed by atoms with Crippen LogP contribution in [-0.4, -0.2) is 60.9 Å². The van der Waals surface area contributed by atoms with Gasteiger partial charge in [-0.2, -0.15) is 4.31 Å². The molecule has 1 rings (SSSR count). The van der Waals surface area contributed by atoms with Crippen molar-refractivity contribution in [2.75, 3.05) is 38.1 Å². The molecule has 0 saturated carbocycles. The van der Waals surface area contributed by atoms with Crippen molar-refractivity contribution in [3.63, 3.8) is 0 Å². The minimum Gasteiger partial charge on any atom is -0.300 e. The minimum atomic E-state index is -3.04. The molecule has 0 radical (unpaired) electrons. The largest absolute Gasteiger partial charge is 0.300 e. The van der Waals surface area contributed by atoms with E-state index in [1.807, 2.05) is 0 Å². The fraction of sp³-hybridized carbons (Fsp3) is 1.00. The molecular formula is C9H19BrN2O2S. The summed E-state index contributed by atoms with van der Waals surface area (Å²) >= 11 is 3.39. The maximum atomic E-state index is 11.8. The SMILES string of the molecule is CC(C)S(=O)(=O)N1CCN(CCBr)CC1. The van der Waals surface area contributed by atoms with Crippen LogP contribution in [0.3, 0.4) is 0 Å². The first kappa shape index (κ1) is 13.4. The summed E-state index contributed by atoms with van der Waals surface area (Å²) in [5, 5.41) is 0.643. The Kier molecular flexibility index (Phi) is 5.02. The van der Waals surface area contributed by atoms with E-state index in [2.05, 4.69) is 20.8 Å². The molecule has 90 valence electrons. The van der Waals surface area contributed by atoms with Gasteiger partial charge in [-0.15, -0.1) is 0 Å². The van der Waals surface area contributed by atoms with E-state index in [-0.39, 0.29) is 5.25 Å². The van der Waals surface area contributed by atoms with Gasteiger partial charge in [0, 0.05) is 38.1 Å². The van der Waals surface area contributed by atoms with Crippen molar-refractivity contribution in [2.45, 2.75) is 19.1 Å². The van der Waals surface area contributed by atoms with Crippen LogP contribution < -0.4 is 0 Å². The highest BCUT2D eigenvalue weighted by molar-refractivity contribution is 9.09. The third-order valence-electron chi connectivity index (χ3n) is 2.69. The van der Waals surface area contributed by atoms with Crippen LogP contribution in [0.15, 0.2) is 0 Å². The Morgan fingerprint density at radius 2 is 1.73 bits per heavy atom. The van der Waals surface area contributed by atoms with E-state index < -0.39 is 10.0 Å². The predicted molar refractivity (Wildman–Crippen MR) is 65.9 cm³/mol. The maximum absolute atomic E-state index is 11.8. The molecule has 1 aliphatic rings. The second kappa shape index (κ2) is 5.61. The Balaban J connectivity index is 2.51. The average molecular weight is 299 g/mol. The first-order valence-electron chi connectivity index (χ1n) is 5.25. The molecule has 0 aromatic heterocycles. The summed E-state index contributed by atoms with van der Waals surface area (Å²) in [4.78, 5) is 2.28. The summed E-state index contributed by atoms with van der Waals surface area (Å²) in [6.45, 7) is 7.42. The minimum absolute atomic E-state index is 0.305. The topological polar surface area (TPSA) is 40.6 Å². The molecule has 0 amide bonds. The lowest BCUT2D eigenvalue weighted by Crippen LogP contribution is -2.50. The van der Waals surface area contributed by atoms with Gasteiger partial charge in [0.1, 0.15) is 0 Å². The zero-order valence-electron chi connectivity index (χ0n) is 9.32. The number of nitrogens with zero attached hydrogens (tertiary/aromatic N) is 2. The molecule has 0 spiro atoms. The lowest BCUT2D eigenvalue weighted by atomic mass is 10.4. The molecule has 0 N–H and O–H groups in total. The smallest absolute Gasteiger partial charge is 0.216 e. The summed E-state index contributed by atoms with van der Waals surface area (Å²) in [5.41, 5.74) is 0. The van der Waals surface area contributed by atoms with Crippen molar-refractivity contribution in [1.82, 2.24) is 9.21 Å². The van der Waals surface area contributed by atoms with Crippen LogP contribution in [0.1, 0.15) is 13.8 Å². The molecule has 0 atom stereocenters. The summed E-state index contributed by atoms with van der Waals surface area (Å²) in [6.07, 6.45) is 0. The van der Waals surface area contributed by atoms with Crippen molar-refractivity contribution >= 4 is 26.0 Å². The first-order valence-corrected chi connectivity index (χ1v) is 7.88. The van der Waals surface area contributed by atoms with E-state index in [1.165, 1.54) is 0 Å². The molecule has 0 unspecified atom stereocenters. The Hall–Kier alpha value is 0.350. The Morgan fingerprint density at radius 3 is 2.13 bits per heavy atom. The van der Waals surface area contributed by atoms with Crippen LogP contribution in [0, 0.1) is 0 Å². The Morgan fingerprint density at radius 1 is 1.20 bits per heavy atom. The third kappa shape index (κ3) is 3.41. The Labute approximate surface area is 101 Å². The first-order chi connectivity index (χ1) is 6.98. The number of piperazine rings is 1. The van der Waals surface area contributed by atoms with E-state index in [0.29, 0.717) is 13.1 Å². The van der Waals surface area contributed by atoms with Crippen LogP contribution in [0.4, 0.5) is 0 Å². The van der Waals surface area contributed by atoms with Crippen molar-refractivity contribution < 1.29 is 8.42 Å². The quantitative estimate of drug-likeness (QED) is 0.719. The highest BCUT2D eigenvalue weighted by atomic mass is 79.9. The molecule has 1 fully saturated rings. The van der Waals surface area contributed by atoms with Gasteiger partial charge in [0.2, 0.25) is 10.0 Å². The van der Waals surface area contributed by atoms with Gasteiger partial charge >= 0.3 is 0 Å². The molecule has 0 aliphatic carbocycles. The lowest BCUT2D eigenvalue weighted by molar-refractivity contribution is 0.197.